The van der Waals surface area contributed by atoms with Gasteiger partial charge in [0.25, 0.3) is 5.56 Å². The molecule has 118 valence electrons. The van der Waals surface area contributed by atoms with Crippen LogP contribution < -0.4 is 10.3 Å². The van der Waals surface area contributed by atoms with Crippen LogP contribution in [-0.4, -0.2) is 22.7 Å². The maximum absolute atomic E-state index is 12.7. The van der Waals surface area contributed by atoms with Gasteiger partial charge in [0.15, 0.2) is 16.7 Å². The maximum atomic E-state index is 12.7. The molecule has 5 nitrogen and oxygen atoms in total. The molecule has 0 saturated heterocycles. The second kappa shape index (κ2) is 5.79. The van der Waals surface area contributed by atoms with Gasteiger partial charge in [0.1, 0.15) is 0 Å². The molecule has 0 fully saturated rings. The van der Waals surface area contributed by atoms with Crippen LogP contribution in [0.3, 0.4) is 0 Å². The summed E-state index contributed by atoms with van der Waals surface area (Å²) in [6.07, 6.45) is 0. The van der Waals surface area contributed by atoms with Crippen molar-refractivity contribution in [1.82, 2.24) is 9.78 Å². The third-order valence-electron chi connectivity index (χ3n) is 3.53. The van der Waals surface area contributed by atoms with Crippen molar-refractivity contribution in [3.05, 3.63) is 44.6 Å². The van der Waals surface area contributed by atoms with Crippen molar-refractivity contribution in [2.45, 2.75) is 6.92 Å². The van der Waals surface area contributed by atoms with Gasteiger partial charge in [0, 0.05) is 22.7 Å². The van der Waals surface area contributed by atoms with Crippen LogP contribution in [0.4, 0.5) is 0 Å². The van der Waals surface area contributed by atoms with Crippen LogP contribution in [-0.2, 0) is 7.05 Å². The number of hydrogen-bond donors (Lipinski definition) is 0. The summed E-state index contributed by atoms with van der Waals surface area (Å²) in [6, 6.07) is 7.54. The van der Waals surface area contributed by atoms with E-state index in [0.717, 1.165) is 14.8 Å². The Bertz CT molecular complexity index is 991. The average molecular weight is 349 g/mol. The number of fused-ring (bicyclic) bond motifs is 1. The number of methoxy groups -OCH3 is 1. The molecule has 0 aliphatic rings. The fraction of sp³-hybridized carbons (Fsp3) is 0.188. The summed E-state index contributed by atoms with van der Waals surface area (Å²) in [5, 5.41) is 4.83. The second-order valence-electron chi connectivity index (χ2n) is 4.99. The van der Waals surface area contributed by atoms with E-state index in [-0.39, 0.29) is 27.8 Å². The third-order valence-corrected chi connectivity index (χ3v) is 5.05. The molecule has 0 spiro atoms. The minimum Gasteiger partial charge on any atom is -0.493 e. The smallest absolute Gasteiger partial charge is 0.278 e. The SMILES string of the molecule is COc1c(Cl)nn(C)c(=O)c1-c1c(C(C)=O)sc2ccccc12. The van der Waals surface area contributed by atoms with Gasteiger partial charge in [0.05, 0.1) is 17.6 Å². The largest absolute Gasteiger partial charge is 0.493 e. The van der Waals surface area contributed by atoms with Gasteiger partial charge in [-0.15, -0.1) is 11.3 Å². The van der Waals surface area contributed by atoms with Gasteiger partial charge in [-0.25, -0.2) is 4.68 Å². The van der Waals surface area contributed by atoms with Gasteiger partial charge in [-0.2, -0.15) is 5.10 Å². The standard InChI is InChI=1S/C16H13ClN2O3S/c1-8(20)14-11(9-6-4-5-7-10(9)23-14)12-13(22-3)15(17)18-19(2)16(12)21/h4-7H,1-3H3. The van der Waals surface area contributed by atoms with Crippen molar-refractivity contribution in [3.8, 4) is 16.9 Å². The highest BCUT2D eigenvalue weighted by molar-refractivity contribution is 7.21. The van der Waals surface area contributed by atoms with E-state index in [1.807, 2.05) is 24.3 Å². The van der Waals surface area contributed by atoms with Gasteiger partial charge in [-0.3, -0.25) is 9.59 Å². The first-order valence-corrected chi connectivity index (χ1v) is 7.98. The molecule has 3 aromatic rings. The Morgan fingerprint density at radius 3 is 2.65 bits per heavy atom. The summed E-state index contributed by atoms with van der Waals surface area (Å²) in [5.74, 6) is 0.0686. The zero-order chi connectivity index (χ0) is 16.7. The third kappa shape index (κ3) is 2.44. The predicted molar refractivity (Wildman–Crippen MR) is 91.9 cm³/mol. The summed E-state index contributed by atoms with van der Waals surface area (Å²) < 4.78 is 7.38. The fourth-order valence-electron chi connectivity index (χ4n) is 2.53. The first kappa shape index (κ1) is 15.7. The van der Waals surface area contributed by atoms with Gasteiger partial charge >= 0.3 is 0 Å². The number of Topliss-reactive ketones (excluding diaryl/α,β-unsaturated/α-hetero) is 1. The molecule has 0 atom stereocenters. The van der Waals surface area contributed by atoms with Crippen LogP contribution in [0.1, 0.15) is 16.6 Å². The molecular weight excluding hydrogens is 336 g/mol. The number of thiophene rings is 1. The number of nitrogens with zero attached hydrogens (tertiary/aromatic N) is 2. The van der Waals surface area contributed by atoms with E-state index in [2.05, 4.69) is 5.10 Å². The van der Waals surface area contributed by atoms with E-state index < -0.39 is 0 Å². The lowest BCUT2D eigenvalue weighted by Crippen LogP contribution is -2.22. The number of aryl methyl sites for hydroxylation is 1. The Morgan fingerprint density at radius 1 is 1.30 bits per heavy atom. The molecule has 0 amide bonds. The molecule has 0 aliphatic carbocycles. The number of carbonyl (C=O) groups excluding carboxylic acids is 1. The zero-order valence-electron chi connectivity index (χ0n) is 12.7. The van der Waals surface area contributed by atoms with Crippen LogP contribution in [0, 0.1) is 0 Å². The van der Waals surface area contributed by atoms with E-state index in [1.54, 1.807) is 0 Å². The molecule has 2 aromatic heterocycles. The fourth-order valence-corrected chi connectivity index (χ4v) is 3.92. The number of halogens is 1. The number of hydrogen-bond acceptors (Lipinski definition) is 5. The second-order valence-corrected chi connectivity index (χ2v) is 6.40. The lowest BCUT2D eigenvalue weighted by molar-refractivity contribution is 0.102. The normalized spacial score (nSPS) is 11.0. The minimum atomic E-state index is -0.364. The number of carbonyl (C=O) groups is 1. The lowest BCUT2D eigenvalue weighted by Gasteiger charge is -2.11. The van der Waals surface area contributed by atoms with Crippen molar-refractivity contribution in [2.75, 3.05) is 7.11 Å². The highest BCUT2D eigenvalue weighted by atomic mass is 35.5. The summed E-state index contributed by atoms with van der Waals surface area (Å²) in [7, 11) is 2.94. The van der Waals surface area contributed by atoms with Crippen molar-refractivity contribution in [3.63, 3.8) is 0 Å². The predicted octanol–water partition coefficient (Wildman–Crippen LogP) is 3.53. The zero-order valence-corrected chi connectivity index (χ0v) is 14.3. The van der Waals surface area contributed by atoms with Crippen LogP contribution in [0.15, 0.2) is 29.1 Å². The molecular formula is C16H13ClN2O3S. The molecule has 0 N–H and O–H groups in total. The minimum absolute atomic E-state index is 0.0781. The topological polar surface area (TPSA) is 61.2 Å². The van der Waals surface area contributed by atoms with E-state index in [1.165, 1.54) is 32.4 Å². The Kier molecular flexibility index (Phi) is 3.95. The van der Waals surface area contributed by atoms with Crippen LogP contribution in [0.5, 0.6) is 5.75 Å². The Hall–Kier alpha value is -2.18. The molecule has 0 aliphatic heterocycles. The highest BCUT2D eigenvalue weighted by Crippen LogP contribution is 2.42. The molecule has 0 saturated carbocycles. The van der Waals surface area contributed by atoms with Crippen molar-refractivity contribution in [1.29, 1.82) is 0 Å². The monoisotopic (exact) mass is 348 g/mol. The number of rotatable bonds is 3. The summed E-state index contributed by atoms with van der Waals surface area (Å²) in [6.45, 7) is 1.48. The molecule has 0 unspecified atom stereocenters. The maximum Gasteiger partial charge on any atom is 0.278 e. The van der Waals surface area contributed by atoms with Crippen LogP contribution in [0.2, 0.25) is 5.15 Å². The van der Waals surface area contributed by atoms with E-state index in [0.29, 0.717) is 10.4 Å². The molecule has 0 radical (unpaired) electrons. The van der Waals surface area contributed by atoms with E-state index >= 15 is 0 Å². The summed E-state index contributed by atoms with van der Waals surface area (Å²) in [4.78, 5) is 25.3. The number of ketones is 1. The molecule has 3 rings (SSSR count). The van der Waals surface area contributed by atoms with Gasteiger partial charge in [-0.05, 0) is 13.0 Å². The number of ether oxygens (including phenoxy) is 1. The number of aromatic nitrogens is 2. The lowest BCUT2D eigenvalue weighted by atomic mass is 10.0. The van der Waals surface area contributed by atoms with E-state index in [4.69, 9.17) is 16.3 Å². The van der Waals surface area contributed by atoms with E-state index in [9.17, 15) is 9.59 Å². The average Bonchev–Trinajstić information content (AvgIpc) is 2.90. The molecule has 2 heterocycles. The Balaban J connectivity index is 2.54. The van der Waals surface area contributed by atoms with Gasteiger partial charge in [0.2, 0.25) is 0 Å². The Labute approximate surface area is 141 Å². The quantitative estimate of drug-likeness (QED) is 0.679. The van der Waals surface area contributed by atoms with Crippen LogP contribution in [0.25, 0.3) is 21.2 Å². The van der Waals surface area contributed by atoms with Crippen LogP contribution >= 0.6 is 22.9 Å². The summed E-state index contributed by atoms with van der Waals surface area (Å²) >= 11 is 7.48. The number of benzene rings is 1. The summed E-state index contributed by atoms with van der Waals surface area (Å²) in [5.41, 5.74) is 0.454. The Morgan fingerprint density at radius 2 is 2.00 bits per heavy atom. The first-order chi connectivity index (χ1) is 11.0. The molecule has 1 aromatic carbocycles. The van der Waals surface area contributed by atoms with Crippen molar-refractivity contribution in [2.24, 2.45) is 7.05 Å². The van der Waals surface area contributed by atoms with Crippen molar-refractivity contribution >= 4 is 38.8 Å². The van der Waals surface area contributed by atoms with Gasteiger partial charge in [-0.1, -0.05) is 29.8 Å². The van der Waals surface area contributed by atoms with Gasteiger partial charge < -0.3 is 4.74 Å². The highest BCUT2D eigenvalue weighted by Gasteiger charge is 2.25. The van der Waals surface area contributed by atoms with Crippen molar-refractivity contribution < 1.29 is 9.53 Å². The first-order valence-electron chi connectivity index (χ1n) is 6.79. The molecule has 23 heavy (non-hydrogen) atoms. The molecule has 7 heteroatoms. The molecule has 0 bridgehead atoms.